The third kappa shape index (κ3) is 4.36. The lowest BCUT2D eigenvalue weighted by Crippen LogP contribution is -2.07. The van der Waals surface area contributed by atoms with Crippen LogP contribution in [0.25, 0.3) is 11.1 Å². The van der Waals surface area contributed by atoms with Gasteiger partial charge in [-0.25, -0.2) is 9.97 Å². The first-order valence-electron chi connectivity index (χ1n) is 8.38. The predicted molar refractivity (Wildman–Crippen MR) is 98.1 cm³/mol. The second-order valence-corrected chi connectivity index (χ2v) is 5.84. The summed E-state index contributed by atoms with van der Waals surface area (Å²) in [5.41, 5.74) is 0.497. The first-order valence-corrected chi connectivity index (χ1v) is 8.38. The number of benzene rings is 1. The molecule has 0 amide bonds. The van der Waals surface area contributed by atoms with Crippen molar-refractivity contribution in [1.29, 1.82) is 0 Å². The first-order chi connectivity index (χ1) is 12.9. The molecular formula is C20H18F3N3O. The number of pyridine rings is 2. The van der Waals surface area contributed by atoms with Gasteiger partial charge in [0.2, 0.25) is 0 Å². The fraction of sp³-hybridized carbons (Fsp3) is 0.200. The van der Waals surface area contributed by atoms with Crippen LogP contribution in [0.15, 0.2) is 54.7 Å². The smallest absolute Gasteiger partial charge is 0.417 e. The molecule has 3 aromatic rings. The number of hydrogen-bond acceptors (Lipinski definition) is 4. The molecule has 0 aliphatic rings. The van der Waals surface area contributed by atoms with Crippen molar-refractivity contribution < 1.29 is 17.9 Å². The number of aromatic nitrogens is 2. The molecule has 0 atom stereocenters. The number of alkyl halides is 3. The van der Waals surface area contributed by atoms with Crippen molar-refractivity contribution in [2.24, 2.45) is 0 Å². The number of ether oxygens (including phenoxy) is 1. The SMILES string of the molecule is CCOc1cc(-c2ccccc2C(F)(F)F)cnc1Nc1cccc(C)n1. The normalized spacial score (nSPS) is 11.3. The van der Waals surface area contributed by atoms with Gasteiger partial charge in [-0.2, -0.15) is 13.2 Å². The minimum atomic E-state index is -4.45. The van der Waals surface area contributed by atoms with Crippen LogP contribution in [0.2, 0.25) is 0 Å². The van der Waals surface area contributed by atoms with E-state index in [-0.39, 0.29) is 5.56 Å². The Labute approximate surface area is 155 Å². The second-order valence-electron chi connectivity index (χ2n) is 5.84. The summed E-state index contributed by atoms with van der Waals surface area (Å²) >= 11 is 0. The number of hydrogen-bond donors (Lipinski definition) is 1. The zero-order chi connectivity index (χ0) is 19.4. The Morgan fingerprint density at radius 3 is 2.56 bits per heavy atom. The Morgan fingerprint density at radius 1 is 1.07 bits per heavy atom. The Balaban J connectivity index is 2.02. The third-order valence-corrected chi connectivity index (χ3v) is 3.83. The van der Waals surface area contributed by atoms with Crippen molar-refractivity contribution in [2.45, 2.75) is 20.0 Å². The standard InChI is InChI=1S/C20H18F3N3O/c1-3-27-17-11-14(15-8-4-5-9-16(15)20(21,22)23)12-24-19(17)26-18-10-6-7-13(2)25-18/h4-12H,3H2,1-2H3,(H,24,25,26). The molecule has 0 saturated carbocycles. The van der Waals surface area contributed by atoms with E-state index >= 15 is 0 Å². The van der Waals surface area contributed by atoms with E-state index in [4.69, 9.17) is 4.74 Å². The summed E-state index contributed by atoms with van der Waals surface area (Å²) < 4.78 is 45.5. The summed E-state index contributed by atoms with van der Waals surface area (Å²) in [5.74, 6) is 1.32. The summed E-state index contributed by atoms with van der Waals surface area (Å²) in [4.78, 5) is 8.62. The highest BCUT2D eigenvalue weighted by Gasteiger charge is 2.33. The summed E-state index contributed by atoms with van der Waals surface area (Å²) in [7, 11) is 0. The second kappa shape index (κ2) is 7.65. The van der Waals surface area contributed by atoms with Gasteiger partial charge in [0.25, 0.3) is 0 Å². The van der Waals surface area contributed by atoms with Gasteiger partial charge in [-0.3, -0.25) is 0 Å². The predicted octanol–water partition coefficient (Wildman–Crippen LogP) is 5.61. The van der Waals surface area contributed by atoms with Gasteiger partial charge in [0.15, 0.2) is 11.6 Å². The zero-order valence-corrected chi connectivity index (χ0v) is 14.8. The van der Waals surface area contributed by atoms with E-state index < -0.39 is 11.7 Å². The summed E-state index contributed by atoms with van der Waals surface area (Å²) in [6.45, 7) is 4.01. The van der Waals surface area contributed by atoms with Crippen LogP contribution in [-0.2, 0) is 6.18 Å². The van der Waals surface area contributed by atoms with Crippen LogP contribution in [0.4, 0.5) is 24.8 Å². The van der Waals surface area contributed by atoms with Crippen LogP contribution in [0.5, 0.6) is 5.75 Å². The van der Waals surface area contributed by atoms with Crippen LogP contribution in [0, 0.1) is 6.92 Å². The van der Waals surface area contributed by atoms with Gasteiger partial charge in [0.1, 0.15) is 5.82 Å². The number of halogens is 3. The molecular weight excluding hydrogens is 355 g/mol. The average Bonchev–Trinajstić information content (AvgIpc) is 2.63. The molecule has 0 radical (unpaired) electrons. The van der Waals surface area contributed by atoms with Crippen LogP contribution >= 0.6 is 0 Å². The molecule has 27 heavy (non-hydrogen) atoms. The number of aryl methyl sites for hydroxylation is 1. The highest BCUT2D eigenvalue weighted by Crippen LogP contribution is 2.38. The van der Waals surface area contributed by atoms with Gasteiger partial charge in [-0.05, 0) is 43.7 Å². The lowest BCUT2D eigenvalue weighted by atomic mass is 10.0. The van der Waals surface area contributed by atoms with Gasteiger partial charge < -0.3 is 10.1 Å². The fourth-order valence-electron chi connectivity index (χ4n) is 2.67. The Hall–Kier alpha value is -3.09. The highest BCUT2D eigenvalue weighted by atomic mass is 19.4. The van der Waals surface area contributed by atoms with Crippen molar-refractivity contribution in [2.75, 3.05) is 11.9 Å². The number of nitrogens with one attached hydrogen (secondary N) is 1. The maximum absolute atomic E-state index is 13.3. The van der Waals surface area contributed by atoms with Crippen LogP contribution in [0.1, 0.15) is 18.2 Å². The van der Waals surface area contributed by atoms with Crippen LogP contribution < -0.4 is 10.1 Å². The van der Waals surface area contributed by atoms with Crippen molar-refractivity contribution in [3.8, 4) is 16.9 Å². The third-order valence-electron chi connectivity index (χ3n) is 3.83. The van der Waals surface area contributed by atoms with E-state index in [1.807, 2.05) is 19.1 Å². The van der Waals surface area contributed by atoms with Crippen molar-refractivity contribution in [3.63, 3.8) is 0 Å². The Morgan fingerprint density at radius 2 is 1.85 bits per heavy atom. The molecule has 4 nitrogen and oxygen atoms in total. The molecule has 1 aromatic carbocycles. The molecule has 1 N–H and O–H groups in total. The molecule has 0 spiro atoms. The van der Waals surface area contributed by atoms with Gasteiger partial charge in [-0.15, -0.1) is 0 Å². The van der Waals surface area contributed by atoms with E-state index in [0.29, 0.717) is 29.6 Å². The largest absolute Gasteiger partial charge is 0.490 e. The molecule has 140 valence electrons. The van der Waals surface area contributed by atoms with Gasteiger partial charge in [0, 0.05) is 17.5 Å². The van der Waals surface area contributed by atoms with E-state index in [9.17, 15) is 13.2 Å². The molecule has 2 aromatic heterocycles. The fourth-order valence-corrected chi connectivity index (χ4v) is 2.67. The maximum atomic E-state index is 13.3. The van der Waals surface area contributed by atoms with E-state index in [1.165, 1.54) is 18.3 Å². The molecule has 7 heteroatoms. The van der Waals surface area contributed by atoms with Crippen LogP contribution in [-0.4, -0.2) is 16.6 Å². The molecule has 0 aliphatic carbocycles. The molecule has 0 saturated heterocycles. The Kier molecular flexibility index (Phi) is 5.30. The lowest BCUT2D eigenvalue weighted by molar-refractivity contribution is -0.137. The van der Waals surface area contributed by atoms with Gasteiger partial charge >= 0.3 is 6.18 Å². The van der Waals surface area contributed by atoms with Crippen molar-refractivity contribution in [1.82, 2.24) is 9.97 Å². The number of nitrogens with zero attached hydrogens (tertiary/aromatic N) is 2. The average molecular weight is 373 g/mol. The van der Waals surface area contributed by atoms with Gasteiger partial charge in [-0.1, -0.05) is 24.3 Å². The Bertz CT molecular complexity index is 942. The maximum Gasteiger partial charge on any atom is 0.417 e. The summed E-state index contributed by atoms with van der Waals surface area (Å²) in [5, 5.41) is 3.05. The van der Waals surface area contributed by atoms with Crippen LogP contribution in [0.3, 0.4) is 0 Å². The molecule has 0 aliphatic heterocycles. The quantitative estimate of drug-likeness (QED) is 0.631. The summed E-state index contributed by atoms with van der Waals surface area (Å²) in [6.07, 6.45) is -3.06. The molecule has 0 fully saturated rings. The monoisotopic (exact) mass is 373 g/mol. The van der Waals surface area contributed by atoms with Crippen molar-refractivity contribution >= 4 is 11.6 Å². The number of anilines is 2. The van der Waals surface area contributed by atoms with Gasteiger partial charge in [0.05, 0.1) is 12.2 Å². The minimum Gasteiger partial charge on any atom is -0.490 e. The van der Waals surface area contributed by atoms with E-state index in [2.05, 4.69) is 15.3 Å². The molecule has 3 rings (SSSR count). The summed E-state index contributed by atoms with van der Waals surface area (Å²) in [6, 6.07) is 12.4. The van der Waals surface area contributed by atoms with Crippen molar-refractivity contribution in [3.05, 3.63) is 66.0 Å². The molecule has 0 bridgehead atoms. The first kappa shape index (κ1) is 18.7. The number of rotatable bonds is 5. The molecule has 2 heterocycles. The topological polar surface area (TPSA) is 47.0 Å². The lowest BCUT2D eigenvalue weighted by Gasteiger charge is -2.15. The van der Waals surface area contributed by atoms with E-state index in [0.717, 1.165) is 11.8 Å². The minimum absolute atomic E-state index is 0.0543. The highest BCUT2D eigenvalue weighted by molar-refractivity contribution is 5.72. The van der Waals surface area contributed by atoms with E-state index in [1.54, 1.807) is 25.1 Å². The molecule has 0 unspecified atom stereocenters. The zero-order valence-electron chi connectivity index (χ0n) is 14.8.